The molecule has 3 heterocycles. The maximum Gasteiger partial charge on any atom is 0.416 e. The molecule has 0 unspecified atom stereocenters. The second-order valence-electron chi connectivity index (χ2n) is 5.85. The monoisotopic (exact) mass is 402 g/mol. The number of nitrogen functional groups attached to an aromatic ring is 1. The molecule has 0 amide bonds. The van der Waals surface area contributed by atoms with Crippen LogP contribution in [0.2, 0.25) is 0 Å². The molecule has 3 aromatic heterocycles. The van der Waals surface area contributed by atoms with Gasteiger partial charge in [-0.05, 0) is 30.5 Å². The first-order valence-electron chi connectivity index (χ1n) is 8.05. The van der Waals surface area contributed by atoms with Crippen molar-refractivity contribution in [1.82, 2.24) is 24.3 Å². The highest BCUT2D eigenvalue weighted by Crippen LogP contribution is 2.35. The van der Waals surface area contributed by atoms with Gasteiger partial charge in [0.1, 0.15) is 23.5 Å². The fraction of sp³-hybridized carbons (Fsp3) is 0.111. The summed E-state index contributed by atoms with van der Waals surface area (Å²) >= 11 is 1.45. The zero-order valence-electron chi connectivity index (χ0n) is 14.5. The predicted molar refractivity (Wildman–Crippen MR) is 101 cm³/mol. The van der Waals surface area contributed by atoms with Crippen LogP contribution in [0.3, 0.4) is 0 Å². The van der Waals surface area contributed by atoms with Crippen LogP contribution in [0.5, 0.6) is 0 Å². The molecule has 0 aliphatic heterocycles. The Hall–Kier alpha value is -3.14. The fourth-order valence-corrected chi connectivity index (χ4v) is 3.17. The summed E-state index contributed by atoms with van der Waals surface area (Å²) in [6.45, 7) is 0. The van der Waals surface area contributed by atoms with Crippen LogP contribution < -0.4 is 5.73 Å². The highest BCUT2D eigenvalue weighted by molar-refractivity contribution is 7.98. The standard InChI is InChI=1S/C18H13F3N6S/c1-28-14-8-12(23-9-24-14)16-15(26-17-25-13(22)6-7-27(16)17)10-2-4-11(5-3-10)18(19,20)21/h2-9H,1H3,(H2,22,25,26). The molecule has 0 saturated carbocycles. The smallest absolute Gasteiger partial charge is 0.384 e. The Balaban J connectivity index is 1.95. The Labute approximate surface area is 161 Å². The van der Waals surface area contributed by atoms with Gasteiger partial charge in [-0.15, -0.1) is 11.8 Å². The van der Waals surface area contributed by atoms with Gasteiger partial charge in [0.15, 0.2) is 0 Å². The number of anilines is 1. The van der Waals surface area contributed by atoms with E-state index in [-0.39, 0.29) is 5.82 Å². The number of halogens is 3. The van der Waals surface area contributed by atoms with Gasteiger partial charge in [-0.1, -0.05) is 12.1 Å². The SMILES string of the molecule is CSc1cc(-c2c(-c3ccc(C(F)(F)F)cc3)nc3nc(N)ccn23)ncn1. The third-order valence-electron chi connectivity index (χ3n) is 4.10. The Kier molecular flexibility index (Phi) is 4.42. The van der Waals surface area contributed by atoms with E-state index in [0.29, 0.717) is 28.4 Å². The first-order valence-corrected chi connectivity index (χ1v) is 9.28. The van der Waals surface area contributed by atoms with Crippen molar-refractivity contribution in [2.75, 3.05) is 12.0 Å². The molecule has 0 spiro atoms. The van der Waals surface area contributed by atoms with Gasteiger partial charge in [-0.2, -0.15) is 18.2 Å². The van der Waals surface area contributed by atoms with Gasteiger partial charge in [-0.3, -0.25) is 4.40 Å². The molecule has 0 bridgehead atoms. The summed E-state index contributed by atoms with van der Waals surface area (Å²) < 4.78 is 40.4. The number of fused-ring (bicyclic) bond motifs is 1. The molecule has 1 aromatic carbocycles. The molecule has 4 rings (SSSR count). The summed E-state index contributed by atoms with van der Waals surface area (Å²) in [5.41, 5.74) is 7.17. The lowest BCUT2D eigenvalue weighted by molar-refractivity contribution is -0.137. The lowest BCUT2D eigenvalue weighted by Gasteiger charge is -2.08. The van der Waals surface area contributed by atoms with Gasteiger partial charge in [0, 0.05) is 11.8 Å². The number of thioether (sulfide) groups is 1. The number of nitrogens with two attached hydrogens (primary N) is 1. The van der Waals surface area contributed by atoms with E-state index in [1.165, 1.54) is 30.2 Å². The molecular formula is C18H13F3N6S. The van der Waals surface area contributed by atoms with E-state index in [2.05, 4.69) is 19.9 Å². The van der Waals surface area contributed by atoms with Crippen molar-refractivity contribution >= 4 is 23.4 Å². The average molecular weight is 402 g/mol. The minimum atomic E-state index is -4.41. The number of hydrogen-bond acceptors (Lipinski definition) is 6. The van der Waals surface area contributed by atoms with Crippen LogP contribution in [-0.4, -0.2) is 30.6 Å². The molecule has 6 nitrogen and oxygen atoms in total. The van der Waals surface area contributed by atoms with Gasteiger partial charge in [-0.25, -0.2) is 15.0 Å². The van der Waals surface area contributed by atoms with Crippen LogP contribution in [0.4, 0.5) is 19.0 Å². The van der Waals surface area contributed by atoms with E-state index in [9.17, 15) is 13.2 Å². The number of imidazole rings is 1. The van der Waals surface area contributed by atoms with E-state index >= 15 is 0 Å². The maximum atomic E-state index is 12.9. The lowest BCUT2D eigenvalue weighted by atomic mass is 10.1. The molecule has 10 heteroatoms. The van der Waals surface area contributed by atoms with Crippen LogP contribution >= 0.6 is 11.8 Å². The van der Waals surface area contributed by atoms with Crippen molar-refractivity contribution in [3.05, 3.63) is 54.5 Å². The number of alkyl halides is 3. The van der Waals surface area contributed by atoms with Gasteiger partial charge >= 0.3 is 6.18 Å². The Morgan fingerprint density at radius 2 is 1.79 bits per heavy atom. The van der Waals surface area contributed by atoms with E-state index in [0.717, 1.165) is 17.2 Å². The number of benzene rings is 1. The summed E-state index contributed by atoms with van der Waals surface area (Å²) in [5, 5.41) is 0.752. The summed E-state index contributed by atoms with van der Waals surface area (Å²) in [6, 6.07) is 8.22. The van der Waals surface area contributed by atoms with E-state index in [4.69, 9.17) is 5.73 Å². The molecule has 0 fully saturated rings. The van der Waals surface area contributed by atoms with E-state index in [1.807, 2.05) is 6.26 Å². The number of hydrogen-bond donors (Lipinski definition) is 1. The molecule has 2 N–H and O–H groups in total. The van der Waals surface area contributed by atoms with Crippen molar-refractivity contribution < 1.29 is 13.2 Å². The molecule has 142 valence electrons. The number of nitrogens with zero attached hydrogens (tertiary/aromatic N) is 5. The van der Waals surface area contributed by atoms with E-state index in [1.54, 1.807) is 22.7 Å². The Morgan fingerprint density at radius 3 is 2.46 bits per heavy atom. The van der Waals surface area contributed by atoms with Crippen molar-refractivity contribution in [3.8, 4) is 22.6 Å². The molecular weight excluding hydrogens is 389 g/mol. The van der Waals surface area contributed by atoms with Crippen molar-refractivity contribution in [3.63, 3.8) is 0 Å². The molecule has 0 atom stereocenters. The van der Waals surface area contributed by atoms with Crippen molar-refractivity contribution in [2.24, 2.45) is 0 Å². The van der Waals surface area contributed by atoms with Crippen LogP contribution in [0.25, 0.3) is 28.4 Å². The number of aromatic nitrogens is 5. The third-order valence-corrected chi connectivity index (χ3v) is 4.74. The molecule has 0 aliphatic carbocycles. The Bertz CT molecular complexity index is 1150. The van der Waals surface area contributed by atoms with Gasteiger partial charge < -0.3 is 5.73 Å². The van der Waals surface area contributed by atoms with Crippen LogP contribution in [-0.2, 0) is 6.18 Å². The molecule has 4 aromatic rings. The average Bonchev–Trinajstić information content (AvgIpc) is 3.06. The highest BCUT2D eigenvalue weighted by Gasteiger charge is 2.30. The zero-order chi connectivity index (χ0) is 19.9. The van der Waals surface area contributed by atoms with Gasteiger partial charge in [0.25, 0.3) is 0 Å². The van der Waals surface area contributed by atoms with Crippen LogP contribution in [0, 0.1) is 0 Å². The van der Waals surface area contributed by atoms with Crippen molar-refractivity contribution in [2.45, 2.75) is 11.2 Å². The lowest BCUT2D eigenvalue weighted by Crippen LogP contribution is -2.04. The van der Waals surface area contributed by atoms with Gasteiger partial charge in [0.05, 0.1) is 16.3 Å². The molecule has 0 aliphatic rings. The highest BCUT2D eigenvalue weighted by atomic mass is 32.2. The van der Waals surface area contributed by atoms with Crippen LogP contribution in [0.1, 0.15) is 5.56 Å². The van der Waals surface area contributed by atoms with Crippen molar-refractivity contribution in [1.29, 1.82) is 0 Å². The first-order chi connectivity index (χ1) is 13.4. The minimum Gasteiger partial charge on any atom is -0.384 e. The topological polar surface area (TPSA) is 82.0 Å². The summed E-state index contributed by atoms with van der Waals surface area (Å²) in [4.78, 5) is 17.2. The molecule has 28 heavy (non-hydrogen) atoms. The summed E-state index contributed by atoms with van der Waals surface area (Å²) in [7, 11) is 0. The second kappa shape index (κ2) is 6.79. The summed E-state index contributed by atoms with van der Waals surface area (Å²) in [6.07, 6.45) is 0.617. The molecule has 0 radical (unpaired) electrons. The van der Waals surface area contributed by atoms with E-state index < -0.39 is 11.7 Å². The van der Waals surface area contributed by atoms with Gasteiger partial charge in [0.2, 0.25) is 5.78 Å². The fourth-order valence-electron chi connectivity index (χ4n) is 2.79. The minimum absolute atomic E-state index is 0.288. The number of rotatable bonds is 3. The summed E-state index contributed by atoms with van der Waals surface area (Å²) in [5.74, 6) is 0.615. The third kappa shape index (κ3) is 3.26. The normalized spacial score (nSPS) is 11.9. The van der Waals surface area contributed by atoms with Crippen LogP contribution in [0.15, 0.2) is 53.9 Å². The Morgan fingerprint density at radius 1 is 1.04 bits per heavy atom. The second-order valence-corrected chi connectivity index (χ2v) is 6.68. The zero-order valence-corrected chi connectivity index (χ0v) is 15.3. The first kappa shape index (κ1) is 18.2. The molecule has 0 saturated heterocycles. The quantitative estimate of drug-likeness (QED) is 0.409. The maximum absolute atomic E-state index is 12.9. The largest absolute Gasteiger partial charge is 0.416 e. The predicted octanol–water partition coefficient (Wildman–Crippen LogP) is 4.18.